The Morgan fingerprint density at radius 1 is 1.03 bits per heavy atom. The first-order chi connectivity index (χ1) is 15.5. The van der Waals surface area contributed by atoms with Crippen LogP contribution in [0.3, 0.4) is 0 Å². The van der Waals surface area contributed by atoms with Crippen molar-refractivity contribution in [3.05, 3.63) is 103 Å². The van der Waals surface area contributed by atoms with Gasteiger partial charge in [-0.3, -0.25) is 14.5 Å². The van der Waals surface area contributed by atoms with Crippen molar-refractivity contribution in [2.45, 2.75) is 13.0 Å². The lowest BCUT2D eigenvalue weighted by atomic mass is 9.98. The van der Waals surface area contributed by atoms with E-state index < -0.39 is 6.04 Å². The lowest BCUT2D eigenvalue weighted by molar-refractivity contribution is 0.0971. The van der Waals surface area contributed by atoms with Gasteiger partial charge in [0.15, 0.2) is 5.43 Å². The Morgan fingerprint density at radius 3 is 2.44 bits per heavy atom. The Bertz CT molecular complexity index is 1400. The number of carbonyl (C=O) groups is 1. The van der Waals surface area contributed by atoms with Crippen LogP contribution in [0, 0.1) is 0 Å². The Morgan fingerprint density at radius 2 is 1.75 bits per heavy atom. The van der Waals surface area contributed by atoms with E-state index >= 15 is 0 Å². The monoisotopic (exact) mass is 509 g/mol. The van der Waals surface area contributed by atoms with Gasteiger partial charge in [-0.15, -0.1) is 0 Å². The number of halogens is 2. The fourth-order valence-electron chi connectivity index (χ4n) is 4.04. The van der Waals surface area contributed by atoms with E-state index in [9.17, 15) is 9.59 Å². The molecule has 1 aliphatic rings. The minimum absolute atomic E-state index is 0.0543. The Hall–Kier alpha value is -3.09. The standard InChI is InChI=1S/C25H17BrClNO4/c1-2-31-18-10-8-17(9-11-18)28-22(14-3-6-16(27)7-4-14)21-23(29)19-13-15(26)5-12-20(19)32-24(21)25(28)30/h3-13,22H,2H2,1H3. The van der Waals surface area contributed by atoms with Gasteiger partial charge in [-0.05, 0) is 67.1 Å². The summed E-state index contributed by atoms with van der Waals surface area (Å²) in [6.07, 6.45) is 0. The summed E-state index contributed by atoms with van der Waals surface area (Å²) in [6, 6.07) is 18.9. The normalized spacial score (nSPS) is 15.3. The first-order valence-electron chi connectivity index (χ1n) is 10.1. The van der Waals surface area contributed by atoms with Crippen molar-refractivity contribution in [2.24, 2.45) is 0 Å². The highest BCUT2D eigenvalue weighted by molar-refractivity contribution is 9.10. The summed E-state index contributed by atoms with van der Waals surface area (Å²) in [5, 5.41) is 0.985. The molecule has 32 heavy (non-hydrogen) atoms. The number of nitrogens with zero attached hydrogens (tertiary/aromatic N) is 1. The summed E-state index contributed by atoms with van der Waals surface area (Å²) in [5.41, 5.74) is 1.85. The van der Waals surface area contributed by atoms with E-state index in [4.69, 9.17) is 20.8 Å². The van der Waals surface area contributed by atoms with Crippen molar-refractivity contribution in [3.8, 4) is 5.75 Å². The zero-order valence-corrected chi connectivity index (χ0v) is 19.3. The first-order valence-corrected chi connectivity index (χ1v) is 11.2. The molecule has 0 aliphatic carbocycles. The number of ether oxygens (including phenoxy) is 1. The Labute approximate surface area is 197 Å². The summed E-state index contributed by atoms with van der Waals surface area (Å²) in [6.45, 7) is 2.45. The number of hydrogen-bond donors (Lipinski definition) is 0. The molecule has 7 heteroatoms. The predicted molar refractivity (Wildman–Crippen MR) is 128 cm³/mol. The molecule has 0 bridgehead atoms. The van der Waals surface area contributed by atoms with Crippen molar-refractivity contribution in [3.63, 3.8) is 0 Å². The molecule has 0 spiro atoms. The minimum atomic E-state index is -0.646. The van der Waals surface area contributed by atoms with Gasteiger partial charge in [0.25, 0.3) is 5.91 Å². The third-order valence-corrected chi connectivity index (χ3v) is 6.19. The Kier molecular flexibility index (Phi) is 5.27. The molecule has 160 valence electrons. The van der Waals surface area contributed by atoms with Gasteiger partial charge in [-0.2, -0.15) is 0 Å². The third kappa shape index (κ3) is 3.40. The summed E-state index contributed by atoms with van der Waals surface area (Å²) in [5.74, 6) is 0.387. The van der Waals surface area contributed by atoms with E-state index in [-0.39, 0.29) is 17.1 Å². The van der Waals surface area contributed by atoms with Gasteiger partial charge >= 0.3 is 0 Å². The molecule has 1 amide bonds. The average molecular weight is 511 g/mol. The number of fused-ring (bicyclic) bond motifs is 2. The number of amides is 1. The molecule has 1 unspecified atom stereocenters. The first kappa shape index (κ1) is 20.8. The number of carbonyl (C=O) groups excluding carboxylic acids is 1. The second kappa shape index (κ2) is 8.11. The molecule has 0 N–H and O–H groups in total. The minimum Gasteiger partial charge on any atom is -0.494 e. The van der Waals surface area contributed by atoms with Crippen LogP contribution in [0.1, 0.15) is 34.6 Å². The smallest absolute Gasteiger partial charge is 0.295 e. The average Bonchev–Trinajstić information content (AvgIpc) is 3.08. The van der Waals surface area contributed by atoms with Crippen LogP contribution in [-0.4, -0.2) is 12.5 Å². The predicted octanol–water partition coefficient (Wildman–Crippen LogP) is 6.36. The lowest BCUT2D eigenvalue weighted by Crippen LogP contribution is -2.29. The third-order valence-electron chi connectivity index (χ3n) is 5.44. The van der Waals surface area contributed by atoms with E-state index in [1.165, 1.54) is 0 Å². The van der Waals surface area contributed by atoms with E-state index in [0.29, 0.717) is 39.6 Å². The zero-order valence-electron chi connectivity index (χ0n) is 17.0. The van der Waals surface area contributed by atoms with Crippen LogP contribution in [0.15, 0.2) is 80.4 Å². The summed E-state index contributed by atoms with van der Waals surface area (Å²) in [7, 11) is 0. The number of anilines is 1. The van der Waals surface area contributed by atoms with E-state index in [1.54, 1.807) is 59.5 Å². The van der Waals surface area contributed by atoms with Crippen LogP contribution in [0.25, 0.3) is 11.0 Å². The van der Waals surface area contributed by atoms with Crippen molar-refractivity contribution >= 4 is 50.1 Å². The maximum atomic E-state index is 13.6. The molecule has 1 aliphatic heterocycles. The molecule has 5 rings (SSSR count). The van der Waals surface area contributed by atoms with Gasteiger partial charge in [0.2, 0.25) is 5.76 Å². The molecule has 0 radical (unpaired) electrons. The topological polar surface area (TPSA) is 59.8 Å². The fourth-order valence-corrected chi connectivity index (χ4v) is 4.53. The second-order valence-electron chi connectivity index (χ2n) is 7.37. The zero-order chi connectivity index (χ0) is 22.4. The maximum Gasteiger partial charge on any atom is 0.295 e. The highest BCUT2D eigenvalue weighted by Gasteiger charge is 2.43. The molecule has 0 saturated heterocycles. The SMILES string of the molecule is CCOc1ccc(N2C(=O)c3oc4ccc(Br)cc4c(=O)c3C2c2ccc(Cl)cc2)cc1. The Balaban J connectivity index is 1.75. The van der Waals surface area contributed by atoms with Crippen molar-refractivity contribution < 1.29 is 13.9 Å². The van der Waals surface area contributed by atoms with Gasteiger partial charge in [0.05, 0.1) is 23.6 Å². The molecule has 4 aromatic rings. The molecule has 0 saturated carbocycles. The fraction of sp³-hybridized carbons (Fsp3) is 0.120. The van der Waals surface area contributed by atoms with Crippen molar-refractivity contribution in [2.75, 3.05) is 11.5 Å². The van der Waals surface area contributed by atoms with Gasteiger partial charge in [-0.1, -0.05) is 39.7 Å². The van der Waals surface area contributed by atoms with E-state index in [0.717, 1.165) is 10.0 Å². The molecule has 5 nitrogen and oxygen atoms in total. The van der Waals surface area contributed by atoms with Crippen LogP contribution in [0.2, 0.25) is 5.02 Å². The number of benzene rings is 3. The van der Waals surface area contributed by atoms with Gasteiger partial charge in [-0.25, -0.2) is 0 Å². The van der Waals surface area contributed by atoms with Gasteiger partial charge < -0.3 is 9.15 Å². The highest BCUT2D eigenvalue weighted by atomic mass is 79.9. The molecule has 0 fully saturated rings. The van der Waals surface area contributed by atoms with Gasteiger partial charge in [0, 0.05) is 15.2 Å². The second-order valence-corrected chi connectivity index (χ2v) is 8.72. The summed E-state index contributed by atoms with van der Waals surface area (Å²) in [4.78, 5) is 28.7. The molecular formula is C25H17BrClNO4. The van der Waals surface area contributed by atoms with Crippen LogP contribution in [-0.2, 0) is 0 Å². The lowest BCUT2D eigenvalue weighted by Gasteiger charge is -2.25. The molecule has 1 atom stereocenters. The van der Waals surface area contributed by atoms with Crippen molar-refractivity contribution in [1.29, 1.82) is 0 Å². The van der Waals surface area contributed by atoms with E-state index in [1.807, 2.05) is 19.1 Å². The highest BCUT2D eigenvalue weighted by Crippen LogP contribution is 2.42. The van der Waals surface area contributed by atoms with Crippen LogP contribution >= 0.6 is 27.5 Å². The summed E-state index contributed by atoms with van der Waals surface area (Å²) >= 11 is 9.51. The maximum absolute atomic E-state index is 13.6. The molecule has 3 aromatic carbocycles. The largest absolute Gasteiger partial charge is 0.494 e. The molecule has 1 aromatic heterocycles. The summed E-state index contributed by atoms with van der Waals surface area (Å²) < 4.78 is 12.3. The molecular weight excluding hydrogens is 494 g/mol. The van der Waals surface area contributed by atoms with Crippen LogP contribution < -0.4 is 15.1 Å². The van der Waals surface area contributed by atoms with Crippen LogP contribution in [0.4, 0.5) is 5.69 Å². The van der Waals surface area contributed by atoms with E-state index in [2.05, 4.69) is 15.9 Å². The van der Waals surface area contributed by atoms with Crippen LogP contribution in [0.5, 0.6) is 5.75 Å². The van der Waals surface area contributed by atoms with Gasteiger partial charge in [0.1, 0.15) is 11.3 Å². The van der Waals surface area contributed by atoms with Crippen molar-refractivity contribution in [1.82, 2.24) is 0 Å². The quantitative estimate of drug-likeness (QED) is 0.321. The number of rotatable bonds is 4. The molecule has 2 heterocycles. The number of hydrogen-bond acceptors (Lipinski definition) is 4.